The van der Waals surface area contributed by atoms with E-state index in [0.717, 1.165) is 22.9 Å². The number of aliphatic hydroxyl groups is 1. The van der Waals surface area contributed by atoms with Gasteiger partial charge in [0.25, 0.3) is 0 Å². The quantitative estimate of drug-likeness (QED) is 0.746. The molecule has 5 nitrogen and oxygen atoms in total. The molecule has 0 bridgehead atoms. The molecule has 6 heteroatoms. The summed E-state index contributed by atoms with van der Waals surface area (Å²) in [7, 11) is 1.25. The van der Waals surface area contributed by atoms with Crippen molar-refractivity contribution in [2.75, 3.05) is 7.11 Å². The van der Waals surface area contributed by atoms with Gasteiger partial charge in [0.1, 0.15) is 22.1 Å². The van der Waals surface area contributed by atoms with Crippen LogP contribution in [0.2, 0.25) is 0 Å². The highest BCUT2D eigenvalue weighted by atomic mass is 32.2. The molecule has 0 aromatic heterocycles. The lowest BCUT2D eigenvalue weighted by Gasteiger charge is -2.02. The van der Waals surface area contributed by atoms with E-state index in [9.17, 15) is 15.0 Å². The lowest BCUT2D eigenvalue weighted by Crippen LogP contribution is -2.10. The minimum Gasteiger partial charge on any atom is -0.507 e. The third kappa shape index (κ3) is 4.06. The Morgan fingerprint density at radius 3 is 2.37 bits per heavy atom. The summed E-state index contributed by atoms with van der Waals surface area (Å²) in [5.41, 5.74) is 3.23. The van der Waals surface area contributed by atoms with Gasteiger partial charge in [0, 0.05) is 5.56 Å². The van der Waals surface area contributed by atoms with Crippen LogP contribution in [0.5, 0.6) is 5.75 Å². The molecule has 0 saturated carbocycles. The topological polar surface area (TPSA) is 79.1 Å². The number of hydrogen-bond acceptors (Lipinski definition) is 6. The molecule has 0 atom stereocenters. The van der Waals surface area contributed by atoms with Gasteiger partial charge in [-0.15, -0.1) is 0 Å². The van der Waals surface area contributed by atoms with Crippen molar-refractivity contribution in [3.05, 3.63) is 75.4 Å². The minimum atomic E-state index is -0.664. The maximum atomic E-state index is 12.2. The maximum Gasteiger partial charge on any atom is 0.344 e. The first-order valence-electron chi connectivity index (χ1n) is 8.26. The highest BCUT2D eigenvalue weighted by Gasteiger charge is 2.33. The van der Waals surface area contributed by atoms with Gasteiger partial charge in [-0.05, 0) is 43.7 Å². The number of hydrogen-bond donors (Lipinski definition) is 2. The average Bonchev–Trinajstić information content (AvgIpc) is 2.94. The fourth-order valence-corrected chi connectivity index (χ4v) is 3.57. The molecule has 0 aliphatic carbocycles. The fraction of sp³-hybridized carbons (Fsp3) is 0.143. The Balaban J connectivity index is 2.05. The van der Waals surface area contributed by atoms with Crippen molar-refractivity contribution < 1.29 is 19.7 Å². The molecule has 2 aromatic carbocycles. The number of methoxy groups -OCH3 is 1. The first kappa shape index (κ1) is 18.8. The van der Waals surface area contributed by atoms with Crippen LogP contribution in [0.4, 0.5) is 5.69 Å². The summed E-state index contributed by atoms with van der Waals surface area (Å²) in [6.45, 7) is 3.85. The summed E-state index contributed by atoms with van der Waals surface area (Å²) in [5.74, 6) is -0.778. The zero-order chi connectivity index (χ0) is 19.6. The molecule has 3 rings (SSSR count). The molecule has 1 aliphatic heterocycles. The molecular formula is C21H19NO4S. The second-order valence-electron chi connectivity index (χ2n) is 6.14. The summed E-state index contributed by atoms with van der Waals surface area (Å²) in [6, 6.07) is 12.7. The Morgan fingerprint density at radius 1 is 1.07 bits per heavy atom. The summed E-state index contributed by atoms with van der Waals surface area (Å²) in [5, 5.41) is 21.0. The Labute approximate surface area is 161 Å². The number of carbonyl (C=O) groups excluding carboxylic acids is 1. The molecule has 2 N–H and O–H groups in total. The van der Waals surface area contributed by atoms with Gasteiger partial charge in [0.15, 0.2) is 0 Å². The molecule has 0 saturated heterocycles. The van der Waals surface area contributed by atoms with Crippen LogP contribution >= 0.6 is 11.8 Å². The summed E-state index contributed by atoms with van der Waals surface area (Å²) in [4.78, 5) is 17.1. The molecule has 1 aliphatic rings. The van der Waals surface area contributed by atoms with Gasteiger partial charge >= 0.3 is 5.97 Å². The molecule has 1 heterocycles. The largest absolute Gasteiger partial charge is 0.507 e. The first-order chi connectivity index (χ1) is 12.9. The molecule has 27 heavy (non-hydrogen) atoms. The van der Waals surface area contributed by atoms with E-state index in [1.54, 1.807) is 18.2 Å². The second-order valence-corrected chi connectivity index (χ2v) is 7.17. The Kier molecular flexibility index (Phi) is 5.37. The van der Waals surface area contributed by atoms with Crippen LogP contribution in [0.25, 0.3) is 6.08 Å². The van der Waals surface area contributed by atoms with E-state index in [-0.39, 0.29) is 17.1 Å². The summed E-state index contributed by atoms with van der Waals surface area (Å²) < 4.78 is 4.80. The Morgan fingerprint density at radius 2 is 1.74 bits per heavy atom. The highest BCUT2D eigenvalue weighted by molar-refractivity contribution is 8.18. The van der Waals surface area contributed by atoms with Gasteiger partial charge in [0.2, 0.25) is 0 Å². The Bertz CT molecular complexity index is 988. The number of esters is 1. The van der Waals surface area contributed by atoms with Crippen molar-refractivity contribution in [2.24, 2.45) is 4.99 Å². The van der Waals surface area contributed by atoms with Crippen molar-refractivity contribution in [1.82, 2.24) is 0 Å². The third-order valence-corrected chi connectivity index (χ3v) is 5.04. The zero-order valence-electron chi connectivity index (χ0n) is 15.2. The number of rotatable bonds is 3. The van der Waals surface area contributed by atoms with Crippen LogP contribution in [0.3, 0.4) is 0 Å². The number of aryl methyl sites for hydroxylation is 2. The van der Waals surface area contributed by atoms with Crippen LogP contribution in [0.1, 0.15) is 16.7 Å². The van der Waals surface area contributed by atoms with E-state index >= 15 is 0 Å². The predicted molar refractivity (Wildman–Crippen MR) is 108 cm³/mol. The third-order valence-electron chi connectivity index (χ3n) is 4.02. The number of nitrogens with zero attached hydrogens (tertiary/aromatic N) is 1. The number of aliphatic hydroxyl groups excluding tert-OH is 1. The number of carbonyl (C=O) groups is 1. The van der Waals surface area contributed by atoms with Crippen molar-refractivity contribution >= 4 is 34.5 Å². The monoisotopic (exact) mass is 381 g/mol. The number of aliphatic imine (C=N–C) groups is 1. The van der Waals surface area contributed by atoms with Crippen LogP contribution in [0.15, 0.2) is 63.7 Å². The van der Waals surface area contributed by atoms with Crippen molar-refractivity contribution in [3.8, 4) is 5.75 Å². The van der Waals surface area contributed by atoms with Gasteiger partial charge in [-0.1, -0.05) is 41.6 Å². The molecular weight excluding hydrogens is 362 g/mol. The fourth-order valence-electron chi connectivity index (χ4n) is 2.54. The van der Waals surface area contributed by atoms with Crippen molar-refractivity contribution in [3.63, 3.8) is 0 Å². The maximum absolute atomic E-state index is 12.2. The number of ether oxygens (including phenoxy) is 1. The minimum absolute atomic E-state index is 0.0147. The SMILES string of the molecule is COC(=O)C1=C(O)/C(=C\c2ccc(C)cc2O)SC1=Nc1ccc(C)cc1. The van der Waals surface area contributed by atoms with Crippen LogP contribution in [-0.4, -0.2) is 28.3 Å². The molecule has 0 radical (unpaired) electrons. The van der Waals surface area contributed by atoms with E-state index < -0.39 is 5.97 Å². The Hall–Kier alpha value is -2.99. The molecule has 0 unspecified atom stereocenters. The summed E-state index contributed by atoms with van der Waals surface area (Å²) >= 11 is 1.15. The number of phenolic OH excluding ortho intramolecular Hbond substituents is 1. The van der Waals surface area contributed by atoms with Gasteiger partial charge in [-0.2, -0.15) is 0 Å². The van der Waals surface area contributed by atoms with E-state index in [1.165, 1.54) is 7.11 Å². The van der Waals surface area contributed by atoms with Gasteiger partial charge in [-0.3, -0.25) is 0 Å². The van der Waals surface area contributed by atoms with Crippen molar-refractivity contribution in [1.29, 1.82) is 0 Å². The van der Waals surface area contributed by atoms with Crippen LogP contribution in [-0.2, 0) is 9.53 Å². The van der Waals surface area contributed by atoms with E-state index in [2.05, 4.69) is 4.99 Å². The van der Waals surface area contributed by atoms with E-state index in [4.69, 9.17) is 4.74 Å². The lowest BCUT2D eigenvalue weighted by molar-refractivity contribution is -0.135. The second kappa shape index (κ2) is 7.72. The molecule has 0 spiro atoms. The van der Waals surface area contributed by atoms with E-state index in [0.29, 0.717) is 21.2 Å². The van der Waals surface area contributed by atoms with Gasteiger partial charge in [0.05, 0.1) is 17.7 Å². The van der Waals surface area contributed by atoms with Gasteiger partial charge < -0.3 is 14.9 Å². The smallest absolute Gasteiger partial charge is 0.344 e. The molecule has 2 aromatic rings. The normalized spacial score (nSPS) is 17.0. The van der Waals surface area contributed by atoms with E-state index in [1.807, 2.05) is 44.2 Å². The average molecular weight is 381 g/mol. The lowest BCUT2D eigenvalue weighted by atomic mass is 10.1. The van der Waals surface area contributed by atoms with Crippen LogP contribution in [0, 0.1) is 13.8 Å². The number of thioether (sulfide) groups is 1. The number of aromatic hydroxyl groups is 1. The molecule has 0 fully saturated rings. The summed E-state index contributed by atoms with van der Waals surface area (Å²) in [6.07, 6.45) is 1.62. The highest BCUT2D eigenvalue weighted by Crippen LogP contribution is 2.41. The standard InChI is InChI=1S/C21H19NO4S/c1-12-5-8-15(9-6-12)22-20-18(21(25)26-3)19(24)17(27-20)11-14-7-4-13(2)10-16(14)23/h4-11,23-24H,1-3H3/b17-11+,22-20?. The van der Waals surface area contributed by atoms with Gasteiger partial charge in [-0.25, -0.2) is 9.79 Å². The number of phenols is 1. The number of benzene rings is 2. The first-order valence-corrected chi connectivity index (χ1v) is 9.07. The predicted octanol–water partition coefficient (Wildman–Crippen LogP) is 4.81. The molecule has 0 amide bonds. The zero-order valence-corrected chi connectivity index (χ0v) is 16.0. The molecule has 138 valence electrons. The van der Waals surface area contributed by atoms with Crippen molar-refractivity contribution in [2.45, 2.75) is 13.8 Å². The van der Waals surface area contributed by atoms with Crippen LogP contribution < -0.4 is 0 Å².